The molecule has 1 fully saturated rings. The van der Waals surface area contributed by atoms with Crippen LogP contribution in [0.4, 0.5) is 20.4 Å². The number of rotatable bonds is 8. The zero-order valence-corrected chi connectivity index (χ0v) is 20.6. The van der Waals surface area contributed by atoms with E-state index in [0.29, 0.717) is 22.8 Å². The summed E-state index contributed by atoms with van der Waals surface area (Å²) in [5.74, 6) is -0.412. The van der Waals surface area contributed by atoms with E-state index in [1.165, 1.54) is 28.9 Å². The van der Waals surface area contributed by atoms with Crippen molar-refractivity contribution in [2.45, 2.75) is 50.5 Å². The minimum atomic E-state index is -3.94. The molecule has 1 aliphatic rings. The number of halogens is 3. The number of amides is 1. The fourth-order valence-electron chi connectivity index (χ4n) is 3.48. The highest BCUT2D eigenvalue weighted by molar-refractivity contribution is 9.10. The van der Waals surface area contributed by atoms with Gasteiger partial charge in [0.1, 0.15) is 12.2 Å². The summed E-state index contributed by atoms with van der Waals surface area (Å²) in [5, 5.41) is 6.55. The Balaban J connectivity index is 1.45. The number of anilines is 2. The summed E-state index contributed by atoms with van der Waals surface area (Å²) in [6, 6.07) is 7.24. The lowest BCUT2D eigenvalue weighted by atomic mass is 10.2. The van der Waals surface area contributed by atoms with Gasteiger partial charge in [0.05, 0.1) is 15.1 Å². The molecule has 0 atom stereocenters. The number of hydrogen-bond acceptors (Lipinski definition) is 6. The van der Waals surface area contributed by atoms with Crippen LogP contribution in [-0.2, 0) is 21.4 Å². The summed E-state index contributed by atoms with van der Waals surface area (Å²) in [6.07, 6.45) is -1.05. The zero-order chi connectivity index (χ0) is 24.6. The first-order valence-electron chi connectivity index (χ1n) is 10.3. The van der Waals surface area contributed by atoms with Crippen molar-refractivity contribution in [1.29, 1.82) is 0 Å². The third kappa shape index (κ3) is 5.41. The highest BCUT2D eigenvalue weighted by Gasteiger charge is 2.34. The van der Waals surface area contributed by atoms with Crippen molar-refractivity contribution >= 4 is 43.5 Å². The van der Waals surface area contributed by atoms with Gasteiger partial charge >= 0.3 is 0 Å². The van der Waals surface area contributed by atoms with Gasteiger partial charge in [-0.25, -0.2) is 31.9 Å². The standard InChI is InChI=1S/C21H21BrF2N6O3S/c1-11-9-12(2)26-21(25-11)29-34(32,33)15-7-5-14(6-8-15)27-16(31)10-30-19(13-3-4-13)17(22)18(28-30)20(23)24/h5-9,13,20H,3-4,10H2,1-2H3,(H,27,31)(H,25,26,29). The van der Waals surface area contributed by atoms with Crippen molar-refractivity contribution in [1.82, 2.24) is 19.7 Å². The normalized spacial score (nSPS) is 13.8. The molecule has 13 heteroatoms. The van der Waals surface area contributed by atoms with E-state index in [1.54, 1.807) is 19.9 Å². The molecule has 2 N–H and O–H groups in total. The number of hydrogen-bond donors (Lipinski definition) is 2. The van der Waals surface area contributed by atoms with Crippen molar-refractivity contribution in [3.8, 4) is 0 Å². The van der Waals surface area contributed by atoms with Crippen LogP contribution in [-0.4, -0.2) is 34.1 Å². The molecule has 0 bridgehead atoms. The molecule has 2 aromatic heterocycles. The van der Waals surface area contributed by atoms with Crippen LogP contribution in [0.1, 0.15) is 48.0 Å². The number of nitrogens with one attached hydrogen (secondary N) is 2. The minimum absolute atomic E-state index is 0.0325. The fourth-order valence-corrected chi connectivity index (χ4v) is 5.21. The first kappa shape index (κ1) is 24.2. The minimum Gasteiger partial charge on any atom is -0.324 e. The number of benzene rings is 1. The molecule has 0 spiro atoms. The van der Waals surface area contributed by atoms with Gasteiger partial charge in [0.25, 0.3) is 16.4 Å². The first-order valence-corrected chi connectivity index (χ1v) is 12.6. The molecule has 4 rings (SSSR count). The smallest absolute Gasteiger partial charge is 0.283 e. The van der Waals surface area contributed by atoms with Crippen molar-refractivity contribution < 1.29 is 22.0 Å². The topological polar surface area (TPSA) is 119 Å². The van der Waals surface area contributed by atoms with Gasteiger partial charge in [-0.1, -0.05) is 0 Å². The van der Waals surface area contributed by atoms with E-state index in [2.05, 4.69) is 41.0 Å². The Labute approximate surface area is 203 Å². The summed E-state index contributed by atoms with van der Waals surface area (Å²) in [5.41, 5.74) is 1.80. The Morgan fingerprint density at radius 2 is 1.79 bits per heavy atom. The highest BCUT2D eigenvalue weighted by Crippen LogP contribution is 2.45. The third-order valence-corrected chi connectivity index (χ3v) is 7.23. The van der Waals surface area contributed by atoms with Gasteiger partial charge in [-0.2, -0.15) is 5.10 Å². The fraction of sp³-hybridized carbons (Fsp3) is 0.333. The van der Waals surface area contributed by atoms with Crippen molar-refractivity contribution in [3.63, 3.8) is 0 Å². The maximum absolute atomic E-state index is 13.2. The average Bonchev–Trinajstić information content (AvgIpc) is 3.50. The van der Waals surface area contributed by atoms with Crippen LogP contribution in [0.15, 0.2) is 39.7 Å². The molecule has 1 amide bonds. The second kappa shape index (κ2) is 9.37. The highest BCUT2D eigenvalue weighted by atomic mass is 79.9. The van der Waals surface area contributed by atoms with Gasteiger partial charge in [-0.05, 0) is 73.0 Å². The summed E-state index contributed by atoms with van der Waals surface area (Å²) >= 11 is 3.19. The number of sulfonamides is 1. The predicted octanol–water partition coefficient (Wildman–Crippen LogP) is 4.31. The molecule has 0 unspecified atom stereocenters. The maximum Gasteiger partial charge on any atom is 0.283 e. The zero-order valence-electron chi connectivity index (χ0n) is 18.2. The first-order chi connectivity index (χ1) is 16.0. The number of alkyl halides is 2. The molecule has 0 aliphatic heterocycles. The van der Waals surface area contributed by atoms with Crippen LogP contribution in [0.25, 0.3) is 0 Å². The number of carbonyl (C=O) groups excluding carboxylic acids is 1. The summed E-state index contributed by atoms with van der Waals surface area (Å²) in [6.45, 7) is 3.21. The summed E-state index contributed by atoms with van der Waals surface area (Å²) in [4.78, 5) is 20.6. The molecule has 1 aromatic carbocycles. The molecule has 9 nitrogen and oxygen atoms in total. The van der Waals surface area contributed by atoms with E-state index < -0.39 is 22.4 Å². The second-order valence-corrected chi connectivity index (χ2v) is 10.4. The maximum atomic E-state index is 13.2. The lowest BCUT2D eigenvalue weighted by Gasteiger charge is -2.10. The molecule has 0 saturated heterocycles. The Morgan fingerprint density at radius 1 is 1.18 bits per heavy atom. The van der Waals surface area contributed by atoms with Crippen molar-refractivity contribution in [2.24, 2.45) is 0 Å². The monoisotopic (exact) mass is 554 g/mol. The van der Waals surface area contributed by atoms with Crippen LogP contribution in [0, 0.1) is 13.8 Å². The Bertz CT molecular complexity index is 1320. The number of carbonyl (C=O) groups is 1. The third-order valence-electron chi connectivity index (χ3n) is 5.08. The lowest BCUT2D eigenvalue weighted by molar-refractivity contribution is -0.117. The lowest BCUT2D eigenvalue weighted by Crippen LogP contribution is -2.21. The molecule has 2 heterocycles. The molecular formula is C21H21BrF2N6O3S. The van der Waals surface area contributed by atoms with Crippen LogP contribution in [0.5, 0.6) is 0 Å². The van der Waals surface area contributed by atoms with E-state index in [-0.39, 0.29) is 33.5 Å². The van der Waals surface area contributed by atoms with Crippen LogP contribution in [0.3, 0.4) is 0 Å². The average molecular weight is 555 g/mol. The molecule has 3 aromatic rings. The van der Waals surface area contributed by atoms with Gasteiger partial charge in [0, 0.05) is 23.0 Å². The summed E-state index contributed by atoms with van der Waals surface area (Å²) in [7, 11) is -3.94. The van der Waals surface area contributed by atoms with E-state index >= 15 is 0 Å². The van der Waals surface area contributed by atoms with Crippen molar-refractivity contribution in [3.05, 3.63) is 57.6 Å². The van der Waals surface area contributed by atoms with Gasteiger partial charge in [-0.15, -0.1) is 0 Å². The van der Waals surface area contributed by atoms with E-state index in [1.807, 2.05) is 0 Å². The van der Waals surface area contributed by atoms with Crippen molar-refractivity contribution in [2.75, 3.05) is 10.0 Å². The van der Waals surface area contributed by atoms with Gasteiger partial charge in [-0.3, -0.25) is 9.48 Å². The van der Waals surface area contributed by atoms with Gasteiger partial charge in [0.15, 0.2) is 0 Å². The van der Waals surface area contributed by atoms with E-state index in [4.69, 9.17) is 0 Å². The molecule has 34 heavy (non-hydrogen) atoms. The van der Waals surface area contributed by atoms with E-state index in [0.717, 1.165) is 12.8 Å². The SMILES string of the molecule is Cc1cc(C)nc(NS(=O)(=O)c2ccc(NC(=O)Cn3nc(C(F)F)c(Br)c3C3CC3)cc2)n1. The van der Waals surface area contributed by atoms with Gasteiger partial charge in [0.2, 0.25) is 11.9 Å². The number of aryl methyl sites for hydroxylation is 2. The molecule has 180 valence electrons. The molecular weight excluding hydrogens is 534 g/mol. The second-order valence-electron chi connectivity index (χ2n) is 7.97. The quantitative estimate of drug-likeness (QED) is 0.428. The van der Waals surface area contributed by atoms with Crippen LogP contribution < -0.4 is 10.0 Å². The largest absolute Gasteiger partial charge is 0.324 e. The number of nitrogens with zero attached hydrogens (tertiary/aromatic N) is 4. The van der Waals surface area contributed by atoms with Crippen LogP contribution in [0.2, 0.25) is 0 Å². The predicted molar refractivity (Wildman–Crippen MR) is 124 cm³/mol. The van der Waals surface area contributed by atoms with Gasteiger partial charge < -0.3 is 5.32 Å². The summed E-state index contributed by atoms with van der Waals surface area (Å²) < 4.78 is 55.6. The van der Waals surface area contributed by atoms with E-state index in [9.17, 15) is 22.0 Å². The Kier molecular flexibility index (Phi) is 6.67. The molecule has 1 saturated carbocycles. The number of aromatic nitrogens is 4. The van der Waals surface area contributed by atoms with Crippen LogP contribution >= 0.6 is 15.9 Å². The molecule has 1 aliphatic carbocycles. The Morgan fingerprint density at radius 3 is 2.35 bits per heavy atom. The Hall–Kier alpha value is -2.93. The molecule has 0 radical (unpaired) electrons.